The fraction of sp³-hybridized carbons (Fsp3) is 0.156. The second-order valence-corrected chi connectivity index (χ2v) is 12.8. The van der Waals surface area contributed by atoms with Crippen LogP contribution in [0, 0.1) is 0 Å². The summed E-state index contributed by atoms with van der Waals surface area (Å²) in [7, 11) is 1.03. The molecule has 206 valence electrons. The van der Waals surface area contributed by atoms with E-state index in [0.717, 1.165) is 38.6 Å². The number of carbonyl (C=O) groups excluding carboxylic acids is 1. The molecular weight excluding hydrogens is 542 g/mol. The Morgan fingerprint density at radius 1 is 0.725 bits per heavy atom. The highest BCUT2D eigenvalue weighted by molar-refractivity contribution is 7.66. The van der Waals surface area contributed by atoms with E-state index in [2.05, 4.69) is 42.5 Å². The summed E-state index contributed by atoms with van der Waals surface area (Å²) in [4.78, 5) is 12.5. The maximum Gasteiger partial charge on any atom is 0.334 e. The number of rotatable bonds is 12. The van der Waals surface area contributed by atoms with Crippen LogP contribution in [-0.2, 0) is 28.8 Å². The molecule has 0 radical (unpaired) electrons. The van der Waals surface area contributed by atoms with Gasteiger partial charge in [-0.2, -0.15) is 0 Å². The van der Waals surface area contributed by atoms with Gasteiger partial charge in [0.15, 0.2) is 0 Å². The van der Waals surface area contributed by atoms with Crippen LogP contribution in [-0.4, -0.2) is 34.0 Å². The number of fused-ring (bicyclic) bond motifs is 1. The van der Waals surface area contributed by atoms with E-state index in [1.807, 2.05) is 54.6 Å². The van der Waals surface area contributed by atoms with Gasteiger partial charge in [-0.1, -0.05) is 109 Å². The Morgan fingerprint density at radius 3 is 1.95 bits per heavy atom. The summed E-state index contributed by atoms with van der Waals surface area (Å²) >= 11 is 0. The van der Waals surface area contributed by atoms with E-state index in [0.29, 0.717) is 5.56 Å². The van der Waals surface area contributed by atoms with Gasteiger partial charge in [-0.15, -0.1) is 0 Å². The van der Waals surface area contributed by atoms with Crippen LogP contribution in [0.2, 0.25) is 0 Å². The molecular formula is C32H32O6P2. The highest BCUT2D eigenvalue weighted by atomic mass is 31.2. The zero-order valence-electron chi connectivity index (χ0n) is 22.9. The van der Waals surface area contributed by atoms with Gasteiger partial charge >= 0.3 is 7.60 Å². The number of carbonyl (C=O) groups is 1. The van der Waals surface area contributed by atoms with Crippen LogP contribution in [0.15, 0.2) is 84.9 Å². The summed E-state index contributed by atoms with van der Waals surface area (Å²) in [5.74, 6) is 0. The highest BCUT2D eigenvalue weighted by Crippen LogP contribution is 2.49. The zero-order chi connectivity index (χ0) is 28.5. The predicted octanol–water partition coefficient (Wildman–Crippen LogP) is 8.91. The monoisotopic (exact) mass is 574 g/mol. The molecule has 0 saturated heterocycles. The molecule has 0 aromatic heterocycles. The van der Waals surface area contributed by atoms with Crippen molar-refractivity contribution in [2.75, 3.05) is 28.4 Å². The fourth-order valence-corrected chi connectivity index (χ4v) is 6.16. The molecule has 6 nitrogen and oxygen atoms in total. The van der Waals surface area contributed by atoms with Gasteiger partial charge in [0.1, 0.15) is 0 Å². The van der Waals surface area contributed by atoms with Gasteiger partial charge in [0.25, 0.3) is 0 Å². The van der Waals surface area contributed by atoms with Crippen LogP contribution in [0.1, 0.15) is 38.2 Å². The second-order valence-electron chi connectivity index (χ2n) is 8.88. The largest absolute Gasteiger partial charge is 0.334 e. The summed E-state index contributed by atoms with van der Waals surface area (Å²) in [6, 6.07) is 27.8. The van der Waals surface area contributed by atoms with Crippen LogP contribution in [0.4, 0.5) is 0 Å². The summed E-state index contributed by atoms with van der Waals surface area (Å²) in [6.45, 7) is 0. The predicted molar refractivity (Wildman–Crippen MR) is 165 cm³/mol. The molecule has 0 heterocycles. The van der Waals surface area contributed by atoms with Crippen LogP contribution in [0.3, 0.4) is 0 Å². The van der Waals surface area contributed by atoms with Crippen molar-refractivity contribution < 1.29 is 27.5 Å². The lowest BCUT2D eigenvalue weighted by atomic mass is 9.97. The van der Waals surface area contributed by atoms with Crippen molar-refractivity contribution in [2.45, 2.75) is 6.16 Å². The van der Waals surface area contributed by atoms with E-state index in [4.69, 9.17) is 18.1 Å². The number of hydrogen-bond acceptors (Lipinski definition) is 6. The molecule has 0 aliphatic heterocycles. The summed E-state index contributed by atoms with van der Waals surface area (Å²) in [5, 5.41) is 2.30. The van der Waals surface area contributed by atoms with Crippen LogP contribution in [0.25, 0.3) is 35.1 Å². The molecule has 0 N–H and O–H groups in total. The first-order chi connectivity index (χ1) is 19.4. The van der Waals surface area contributed by atoms with Crippen LogP contribution in [0.5, 0.6) is 0 Å². The Bertz CT molecular complexity index is 1550. The molecule has 8 heteroatoms. The molecule has 4 aromatic rings. The molecule has 0 fully saturated rings. The molecule has 4 rings (SSSR count). The Balaban J connectivity index is 1.59. The first-order valence-corrected chi connectivity index (χ1v) is 15.5. The quantitative estimate of drug-likeness (QED) is 0.124. The number of hydrogen-bond donors (Lipinski definition) is 0. The molecule has 4 aromatic carbocycles. The minimum Gasteiger partial charge on any atom is -0.332 e. The standard InChI is InChI=1S/C32H32O6P2/c1-35-39(36-2)32(33)29-18-14-25(15-19-29)13-17-28-21-20-27-7-5-6-8-30(27)31(28)22-16-24-9-11-26(12-10-24)23-40(34,37-3)38-4/h5-22H,23H2,1-4H3/b17-13-,22-16-. The van der Waals surface area contributed by atoms with E-state index < -0.39 is 16.0 Å². The van der Waals surface area contributed by atoms with Gasteiger partial charge in [-0.25, -0.2) is 0 Å². The molecule has 0 amide bonds. The van der Waals surface area contributed by atoms with Gasteiger partial charge < -0.3 is 18.1 Å². The molecule has 0 aliphatic rings. The van der Waals surface area contributed by atoms with Crippen LogP contribution >= 0.6 is 16.0 Å². The maximum absolute atomic E-state index is 12.5. The van der Waals surface area contributed by atoms with E-state index in [9.17, 15) is 9.36 Å². The Labute approximate surface area is 236 Å². The first kappa shape index (κ1) is 29.8. The zero-order valence-corrected chi connectivity index (χ0v) is 24.7. The Kier molecular flexibility index (Phi) is 10.4. The fourth-order valence-electron chi connectivity index (χ4n) is 4.25. The molecule has 0 bridgehead atoms. The van der Waals surface area contributed by atoms with Crippen molar-refractivity contribution >= 4 is 56.6 Å². The molecule has 0 spiro atoms. The smallest absolute Gasteiger partial charge is 0.332 e. The van der Waals surface area contributed by atoms with Gasteiger partial charge in [0.2, 0.25) is 13.9 Å². The summed E-state index contributed by atoms with van der Waals surface area (Å²) < 4.78 is 32.8. The summed E-state index contributed by atoms with van der Waals surface area (Å²) in [5.41, 5.74) is 5.43. The van der Waals surface area contributed by atoms with E-state index in [1.165, 1.54) is 28.4 Å². The average molecular weight is 575 g/mol. The third-order valence-corrected chi connectivity index (χ3v) is 9.59. The van der Waals surface area contributed by atoms with Gasteiger partial charge in [-0.05, 0) is 38.6 Å². The minimum absolute atomic E-state index is 0.156. The lowest BCUT2D eigenvalue weighted by Crippen LogP contribution is -1.99. The van der Waals surface area contributed by atoms with Gasteiger partial charge in [0.05, 0.1) is 6.16 Å². The molecule has 0 unspecified atom stereocenters. The minimum atomic E-state index is -3.12. The SMILES string of the molecule is COP(OC)C(=O)c1ccc(/C=C\c2ccc3ccccc3c2/C=C\c2ccc(CP(=O)(OC)OC)cc2)cc1. The Hall–Kier alpha value is -3.21. The normalized spacial score (nSPS) is 12.2. The second kappa shape index (κ2) is 13.9. The lowest BCUT2D eigenvalue weighted by molar-refractivity contribution is 0.105. The van der Waals surface area contributed by atoms with Crippen molar-refractivity contribution in [3.05, 3.63) is 118 Å². The molecule has 0 saturated carbocycles. The van der Waals surface area contributed by atoms with Crippen molar-refractivity contribution in [2.24, 2.45) is 0 Å². The summed E-state index contributed by atoms with van der Waals surface area (Å²) in [6.07, 6.45) is 8.52. The van der Waals surface area contributed by atoms with Gasteiger partial charge in [0, 0.05) is 34.0 Å². The average Bonchev–Trinajstić information content (AvgIpc) is 3.00. The van der Waals surface area contributed by atoms with Gasteiger partial charge in [-0.3, -0.25) is 9.36 Å². The van der Waals surface area contributed by atoms with E-state index >= 15 is 0 Å². The lowest BCUT2D eigenvalue weighted by Gasteiger charge is -2.13. The topological polar surface area (TPSA) is 71.1 Å². The number of benzene rings is 4. The third-order valence-electron chi connectivity index (χ3n) is 6.47. The third kappa shape index (κ3) is 7.30. The molecule has 0 aliphatic carbocycles. The first-order valence-electron chi connectivity index (χ1n) is 12.6. The van der Waals surface area contributed by atoms with Crippen molar-refractivity contribution in [1.82, 2.24) is 0 Å². The van der Waals surface area contributed by atoms with Crippen molar-refractivity contribution in [3.8, 4) is 0 Å². The molecule has 0 atom stereocenters. The van der Waals surface area contributed by atoms with Crippen LogP contribution < -0.4 is 0 Å². The van der Waals surface area contributed by atoms with Crippen molar-refractivity contribution in [1.29, 1.82) is 0 Å². The van der Waals surface area contributed by atoms with E-state index in [1.54, 1.807) is 12.1 Å². The van der Waals surface area contributed by atoms with E-state index in [-0.39, 0.29) is 11.7 Å². The highest BCUT2D eigenvalue weighted by Gasteiger charge is 2.21. The Morgan fingerprint density at radius 2 is 1.32 bits per heavy atom. The molecule has 40 heavy (non-hydrogen) atoms. The maximum atomic E-state index is 12.5. The van der Waals surface area contributed by atoms with Crippen molar-refractivity contribution in [3.63, 3.8) is 0 Å².